The van der Waals surface area contributed by atoms with Crippen LogP contribution in [0, 0.1) is 11.8 Å². The van der Waals surface area contributed by atoms with E-state index in [1.807, 2.05) is 12.1 Å². The Morgan fingerprint density at radius 1 is 1.26 bits per heavy atom. The van der Waals surface area contributed by atoms with Gasteiger partial charge in [0.05, 0.1) is 4.90 Å². The maximum atomic E-state index is 12.3. The molecule has 0 aromatic heterocycles. The summed E-state index contributed by atoms with van der Waals surface area (Å²) in [5.41, 5.74) is 1.20. The Balaban J connectivity index is 0.00000264. The molecule has 0 spiro atoms. The second-order valence-corrected chi connectivity index (χ2v) is 8.41. The first kappa shape index (κ1) is 20.4. The maximum absolute atomic E-state index is 12.3. The summed E-state index contributed by atoms with van der Waals surface area (Å²) in [5, 5.41) is 3.31. The van der Waals surface area contributed by atoms with Crippen molar-refractivity contribution in [2.45, 2.75) is 44.4 Å². The monoisotopic (exact) mass is 360 g/mol. The largest absolute Gasteiger partial charge is 0.316 e. The van der Waals surface area contributed by atoms with Crippen molar-refractivity contribution >= 4 is 22.4 Å². The minimum atomic E-state index is -3.39. The molecule has 132 valence electrons. The summed E-state index contributed by atoms with van der Waals surface area (Å²) < 4.78 is 27.4. The number of halogens is 1. The van der Waals surface area contributed by atoms with Crippen molar-refractivity contribution in [3.8, 4) is 0 Å². The summed E-state index contributed by atoms with van der Waals surface area (Å²) in [4.78, 5) is 0.365. The third kappa shape index (κ3) is 6.79. The van der Waals surface area contributed by atoms with Crippen LogP contribution in [-0.2, 0) is 16.4 Å². The lowest BCUT2D eigenvalue weighted by Gasteiger charge is -2.22. The quantitative estimate of drug-likeness (QED) is 0.785. The Morgan fingerprint density at radius 2 is 1.96 bits per heavy atom. The van der Waals surface area contributed by atoms with Crippen LogP contribution in [0.1, 0.15) is 38.7 Å². The van der Waals surface area contributed by atoms with Crippen molar-refractivity contribution < 1.29 is 8.42 Å². The molecule has 2 rings (SSSR count). The highest BCUT2D eigenvalue weighted by Crippen LogP contribution is 2.15. The number of hydrogen-bond donors (Lipinski definition) is 2. The number of hydrogen-bond acceptors (Lipinski definition) is 3. The first-order valence-corrected chi connectivity index (χ1v) is 9.75. The molecule has 0 saturated carbocycles. The summed E-state index contributed by atoms with van der Waals surface area (Å²) in [7, 11) is -3.39. The fourth-order valence-corrected chi connectivity index (χ4v) is 3.82. The lowest BCUT2D eigenvalue weighted by Crippen LogP contribution is -2.38. The van der Waals surface area contributed by atoms with Crippen LogP contribution < -0.4 is 10.0 Å². The van der Waals surface area contributed by atoms with Gasteiger partial charge in [-0.3, -0.25) is 0 Å². The zero-order chi connectivity index (χ0) is 16.0. The number of benzene rings is 1. The summed E-state index contributed by atoms with van der Waals surface area (Å²) in [5.74, 6) is 1.06. The van der Waals surface area contributed by atoms with Gasteiger partial charge in [-0.2, -0.15) is 0 Å². The van der Waals surface area contributed by atoms with E-state index in [2.05, 4.69) is 23.9 Å². The molecule has 1 unspecified atom stereocenters. The number of aryl methyl sites for hydroxylation is 1. The summed E-state index contributed by atoms with van der Waals surface area (Å²) >= 11 is 0. The Labute approximate surface area is 146 Å². The predicted octanol–water partition coefficient (Wildman–Crippen LogP) is 2.97. The lowest BCUT2D eigenvalue weighted by molar-refractivity contribution is 0.376. The Kier molecular flexibility index (Phi) is 8.54. The third-order valence-electron chi connectivity index (χ3n) is 4.20. The summed E-state index contributed by atoms with van der Waals surface area (Å²) in [6.45, 7) is 6.86. The van der Waals surface area contributed by atoms with Gasteiger partial charge in [0.15, 0.2) is 0 Å². The predicted molar refractivity (Wildman–Crippen MR) is 97.6 cm³/mol. The molecule has 1 aromatic carbocycles. The average Bonchev–Trinajstić information content (AvgIpc) is 2.52. The molecule has 1 saturated heterocycles. The fourth-order valence-electron chi connectivity index (χ4n) is 2.70. The van der Waals surface area contributed by atoms with E-state index >= 15 is 0 Å². The molecular weight excluding hydrogens is 332 g/mol. The second-order valence-electron chi connectivity index (χ2n) is 6.64. The molecule has 0 bridgehead atoms. The second kappa shape index (κ2) is 9.62. The minimum Gasteiger partial charge on any atom is -0.316 e. The molecule has 4 nitrogen and oxygen atoms in total. The highest BCUT2D eigenvalue weighted by Gasteiger charge is 2.18. The molecule has 1 aliphatic rings. The van der Waals surface area contributed by atoms with E-state index in [0.717, 1.165) is 38.8 Å². The van der Waals surface area contributed by atoms with Crippen LogP contribution in [0.2, 0.25) is 0 Å². The molecule has 2 N–H and O–H groups in total. The van der Waals surface area contributed by atoms with Crippen LogP contribution in [0.25, 0.3) is 0 Å². The smallest absolute Gasteiger partial charge is 0.240 e. The molecular formula is C17H29ClN2O2S. The maximum Gasteiger partial charge on any atom is 0.240 e. The Bertz CT molecular complexity index is 552. The van der Waals surface area contributed by atoms with Crippen LogP contribution in [0.3, 0.4) is 0 Å². The van der Waals surface area contributed by atoms with E-state index in [1.54, 1.807) is 12.1 Å². The standard InChI is InChI=1S/C17H28N2O2S.ClH/c1-14(2)5-6-15-7-9-17(10-8-15)22(20,21)19-13-16-4-3-11-18-12-16;/h7-10,14,16,18-19H,3-6,11-13H2,1-2H3;1H. The third-order valence-corrected chi connectivity index (χ3v) is 5.64. The van der Waals surface area contributed by atoms with E-state index in [1.165, 1.54) is 5.56 Å². The van der Waals surface area contributed by atoms with E-state index in [-0.39, 0.29) is 12.4 Å². The molecule has 1 heterocycles. The number of rotatable bonds is 7. The van der Waals surface area contributed by atoms with Crippen molar-refractivity contribution in [3.63, 3.8) is 0 Å². The molecule has 1 aromatic rings. The van der Waals surface area contributed by atoms with Crippen LogP contribution in [-0.4, -0.2) is 28.1 Å². The highest BCUT2D eigenvalue weighted by molar-refractivity contribution is 7.89. The van der Waals surface area contributed by atoms with Crippen molar-refractivity contribution in [2.75, 3.05) is 19.6 Å². The van der Waals surface area contributed by atoms with Crippen molar-refractivity contribution in [2.24, 2.45) is 11.8 Å². The molecule has 1 atom stereocenters. The molecule has 0 amide bonds. The van der Waals surface area contributed by atoms with Gasteiger partial charge in [0, 0.05) is 6.54 Å². The molecule has 1 fully saturated rings. The van der Waals surface area contributed by atoms with Crippen molar-refractivity contribution in [1.82, 2.24) is 10.0 Å². The van der Waals surface area contributed by atoms with E-state index in [0.29, 0.717) is 23.3 Å². The van der Waals surface area contributed by atoms with Gasteiger partial charge in [-0.15, -0.1) is 12.4 Å². The van der Waals surface area contributed by atoms with Gasteiger partial charge in [-0.1, -0.05) is 26.0 Å². The van der Waals surface area contributed by atoms with Gasteiger partial charge < -0.3 is 5.32 Å². The Morgan fingerprint density at radius 3 is 2.52 bits per heavy atom. The van der Waals surface area contributed by atoms with Crippen LogP contribution in [0.15, 0.2) is 29.2 Å². The summed E-state index contributed by atoms with van der Waals surface area (Å²) in [6, 6.07) is 7.30. The average molecular weight is 361 g/mol. The number of nitrogens with one attached hydrogen (secondary N) is 2. The fraction of sp³-hybridized carbons (Fsp3) is 0.647. The molecule has 1 aliphatic heterocycles. The first-order valence-electron chi connectivity index (χ1n) is 8.26. The first-order chi connectivity index (χ1) is 10.5. The van der Waals surface area contributed by atoms with Gasteiger partial charge in [0.25, 0.3) is 0 Å². The van der Waals surface area contributed by atoms with Crippen LogP contribution in [0.4, 0.5) is 0 Å². The van der Waals surface area contributed by atoms with Gasteiger partial charge in [-0.25, -0.2) is 13.1 Å². The van der Waals surface area contributed by atoms with Gasteiger partial charge in [0.2, 0.25) is 10.0 Å². The normalized spacial score (nSPS) is 18.7. The zero-order valence-corrected chi connectivity index (χ0v) is 15.7. The molecule has 0 aliphatic carbocycles. The summed E-state index contributed by atoms with van der Waals surface area (Å²) in [6.07, 6.45) is 4.33. The zero-order valence-electron chi connectivity index (χ0n) is 14.0. The minimum absolute atomic E-state index is 0. The topological polar surface area (TPSA) is 58.2 Å². The lowest BCUT2D eigenvalue weighted by atomic mass is 10.0. The van der Waals surface area contributed by atoms with Crippen molar-refractivity contribution in [3.05, 3.63) is 29.8 Å². The Hall–Kier alpha value is -0.620. The van der Waals surface area contributed by atoms with Gasteiger partial charge in [0.1, 0.15) is 0 Å². The van der Waals surface area contributed by atoms with Crippen molar-refractivity contribution in [1.29, 1.82) is 0 Å². The molecule has 6 heteroatoms. The van der Waals surface area contributed by atoms with E-state index in [4.69, 9.17) is 0 Å². The van der Waals surface area contributed by atoms with Gasteiger partial charge >= 0.3 is 0 Å². The van der Waals surface area contributed by atoms with Crippen LogP contribution >= 0.6 is 12.4 Å². The molecule has 0 radical (unpaired) electrons. The van der Waals surface area contributed by atoms with E-state index in [9.17, 15) is 8.42 Å². The molecule has 23 heavy (non-hydrogen) atoms. The van der Waals surface area contributed by atoms with Gasteiger partial charge in [-0.05, 0) is 68.3 Å². The number of sulfonamides is 1. The highest BCUT2D eigenvalue weighted by atomic mass is 35.5. The van der Waals surface area contributed by atoms with Crippen LogP contribution in [0.5, 0.6) is 0 Å². The number of piperidine rings is 1. The SMILES string of the molecule is CC(C)CCc1ccc(S(=O)(=O)NCC2CCCNC2)cc1.Cl. The van der Waals surface area contributed by atoms with E-state index < -0.39 is 10.0 Å².